The number of aldehydes is 1. The van der Waals surface area contributed by atoms with Crippen LogP contribution >= 0.6 is 0 Å². The fourth-order valence-corrected chi connectivity index (χ4v) is 3.78. The minimum atomic E-state index is -0.880. The molecule has 0 radical (unpaired) electrons. The molecule has 7 heteroatoms. The van der Waals surface area contributed by atoms with Gasteiger partial charge in [0, 0.05) is 36.6 Å². The van der Waals surface area contributed by atoms with Crippen LogP contribution in [-0.2, 0) is 11.2 Å². The zero-order valence-corrected chi connectivity index (χ0v) is 18.7. The minimum Gasteiger partial charge on any atom is -0.471 e. The normalized spacial score (nSPS) is 13.5. The van der Waals surface area contributed by atoms with E-state index < -0.39 is 6.86 Å². The molecule has 6 nitrogen and oxygen atoms in total. The van der Waals surface area contributed by atoms with E-state index in [9.17, 15) is 14.3 Å². The number of alkyl halides is 1. The number of carbonyl (C=O) groups is 1. The smallest absolute Gasteiger partial charge is 0.227 e. The lowest BCUT2D eigenvalue weighted by atomic mass is 9.91. The molecule has 0 saturated carbocycles. The third kappa shape index (κ3) is 6.72. The van der Waals surface area contributed by atoms with Gasteiger partial charge in [0.05, 0.1) is 18.3 Å². The molecule has 2 atom stereocenters. The highest BCUT2D eigenvalue weighted by molar-refractivity contribution is 6.03. The average Bonchev–Trinajstić information content (AvgIpc) is 2.82. The molecule has 0 heterocycles. The van der Waals surface area contributed by atoms with Gasteiger partial charge in [-0.15, -0.1) is 0 Å². The van der Waals surface area contributed by atoms with E-state index in [4.69, 9.17) is 5.41 Å². The Kier molecular flexibility index (Phi) is 10.5. The Bertz CT molecular complexity index is 945. The summed E-state index contributed by atoms with van der Waals surface area (Å²) in [5.41, 5.74) is 2.04. The SMILES string of the molecule is CCC(CCO)N(C)C=Nc1c(C=O)cc(CC(C=N)C/C=C/OCF)c2ccccc12. The number of hydrogen-bond donors (Lipinski definition) is 2. The molecule has 0 amide bonds. The van der Waals surface area contributed by atoms with E-state index in [-0.39, 0.29) is 18.6 Å². The van der Waals surface area contributed by atoms with Crippen molar-refractivity contribution in [2.24, 2.45) is 10.9 Å². The number of hydrogen-bond acceptors (Lipinski definition) is 5. The molecule has 0 aliphatic carbocycles. The number of allylic oxidation sites excluding steroid dienone is 1. The van der Waals surface area contributed by atoms with E-state index >= 15 is 0 Å². The monoisotopic (exact) mass is 441 g/mol. The van der Waals surface area contributed by atoms with Gasteiger partial charge in [0.2, 0.25) is 6.86 Å². The summed E-state index contributed by atoms with van der Waals surface area (Å²) in [6.45, 7) is 1.29. The number of carbonyl (C=O) groups excluding carboxylic acids is 1. The van der Waals surface area contributed by atoms with E-state index in [2.05, 4.69) is 16.7 Å². The summed E-state index contributed by atoms with van der Waals surface area (Å²) in [6, 6.07) is 9.79. The number of aliphatic hydroxyl groups is 1. The summed E-state index contributed by atoms with van der Waals surface area (Å²) in [7, 11) is 1.92. The zero-order valence-electron chi connectivity index (χ0n) is 18.7. The highest BCUT2D eigenvalue weighted by Crippen LogP contribution is 2.33. The van der Waals surface area contributed by atoms with Crippen molar-refractivity contribution in [1.82, 2.24) is 4.90 Å². The first-order valence-electron chi connectivity index (χ1n) is 10.8. The number of rotatable bonds is 14. The zero-order chi connectivity index (χ0) is 23.3. The van der Waals surface area contributed by atoms with Gasteiger partial charge in [0.15, 0.2) is 6.29 Å². The summed E-state index contributed by atoms with van der Waals surface area (Å²) < 4.78 is 16.7. The van der Waals surface area contributed by atoms with Crippen LogP contribution in [0.15, 0.2) is 47.7 Å². The van der Waals surface area contributed by atoms with Crippen molar-refractivity contribution in [2.75, 3.05) is 20.5 Å². The first kappa shape index (κ1) is 25.2. The van der Waals surface area contributed by atoms with Gasteiger partial charge < -0.3 is 20.2 Å². The van der Waals surface area contributed by atoms with Gasteiger partial charge in [0.1, 0.15) is 0 Å². The van der Waals surface area contributed by atoms with Gasteiger partial charge in [0.25, 0.3) is 0 Å². The predicted molar refractivity (Wildman–Crippen MR) is 128 cm³/mol. The lowest BCUT2D eigenvalue weighted by Gasteiger charge is -2.24. The van der Waals surface area contributed by atoms with Gasteiger partial charge in [-0.25, -0.2) is 9.38 Å². The van der Waals surface area contributed by atoms with E-state index in [1.807, 2.05) is 42.3 Å². The molecular weight excluding hydrogens is 409 g/mol. The van der Waals surface area contributed by atoms with Gasteiger partial charge in [-0.3, -0.25) is 4.79 Å². The fraction of sp³-hybridized carbons (Fsp3) is 0.400. The molecule has 2 unspecified atom stereocenters. The molecule has 0 aliphatic heterocycles. The van der Waals surface area contributed by atoms with Gasteiger partial charge >= 0.3 is 0 Å². The van der Waals surface area contributed by atoms with Crippen molar-refractivity contribution in [2.45, 2.75) is 38.6 Å². The van der Waals surface area contributed by atoms with Crippen molar-refractivity contribution >= 4 is 35.3 Å². The highest BCUT2D eigenvalue weighted by Gasteiger charge is 2.15. The van der Waals surface area contributed by atoms with E-state index in [0.29, 0.717) is 30.5 Å². The van der Waals surface area contributed by atoms with Crippen LogP contribution < -0.4 is 0 Å². The van der Waals surface area contributed by atoms with Gasteiger partial charge in [-0.2, -0.15) is 0 Å². The molecule has 0 aliphatic rings. The number of fused-ring (bicyclic) bond motifs is 1. The van der Waals surface area contributed by atoms with Crippen molar-refractivity contribution < 1.29 is 19.0 Å². The number of benzene rings is 2. The number of ether oxygens (including phenoxy) is 1. The van der Waals surface area contributed by atoms with Crippen molar-refractivity contribution in [3.8, 4) is 0 Å². The molecule has 32 heavy (non-hydrogen) atoms. The lowest BCUT2D eigenvalue weighted by molar-refractivity contribution is 0.112. The Labute approximate surface area is 188 Å². The molecule has 0 fully saturated rings. The first-order chi connectivity index (χ1) is 15.6. The maximum Gasteiger partial charge on any atom is 0.227 e. The van der Waals surface area contributed by atoms with E-state index in [1.165, 1.54) is 12.5 Å². The Morgan fingerprint density at radius 2 is 2.06 bits per heavy atom. The maximum absolute atomic E-state index is 12.1. The van der Waals surface area contributed by atoms with E-state index in [0.717, 1.165) is 29.0 Å². The van der Waals surface area contributed by atoms with Crippen molar-refractivity contribution in [1.29, 1.82) is 5.41 Å². The predicted octanol–water partition coefficient (Wildman–Crippen LogP) is 5.06. The average molecular weight is 442 g/mol. The Hall–Kier alpha value is -3.06. The molecule has 0 saturated heterocycles. The van der Waals surface area contributed by atoms with Gasteiger partial charge in [-0.1, -0.05) is 31.2 Å². The number of nitrogens with zero attached hydrogens (tertiary/aromatic N) is 2. The van der Waals surface area contributed by atoms with Crippen LogP contribution in [0.2, 0.25) is 0 Å². The molecule has 2 aromatic rings. The fourth-order valence-electron chi connectivity index (χ4n) is 3.78. The summed E-state index contributed by atoms with van der Waals surface area (Å²) in [6.07, 6.45) is 9.50. The highest BCUT2D eigenvalue weighted by atomic mass is 19.1. The second-order valence-electron chi connectivity index (χ2n) is 7.64. The van der Waals surface area contributed by atoms with Crippen LogP contribution in [0.1, 0.15) is 42.1 Å². The van der Waals surface area contributed by atoms with Crippen LogP contribution in [-0.4, -0.2) is 55.4 Å². The largest absolute Gasteiger partial charge is 0.471 e. The topological polar surface area (TPSA) is 86.0 Å². The molecule has 2 N–H and O–H groups in total. The summed E-state index contributed by atoms with van der Waals surface area (Å²) in [5.74, 6) is -0.110. The molecule has 0 spiro atoms. The van der Waals surface area contributed by atoms with E-state index in [1.54, 1.807) is 12.4 Å². The number of aliphatic hydroxyl groups excluding tert-OH is 1. The summed E-state index contributed by atoms with van der Waals surface area (Å²) in [5, 5.41) is 18.9. The van der Waals surface area contributed by atoms with Crippen LogP contribution in [0.5, 0.6) is 0 Å². The summed E-state index contributed by atoms with van der Waals surface area (Å²) in [4.78, 5) is 18.5. The number of halogens is 1. The summed E-state index contributed by atoms with van der Waals surface area (Å²) >= 11 is 0. The van der Waals surface area contributed by atoms with Crippen LogP contribution in [0, 0.1) is 11.3 Å². The second-order valence-corrected chi connectivity index (χ2v) is 7.64. The van der Waals surface area contributed by atoms with Crippen LogP contribution in [0.3, 0.4) is 0 Å². The van der Waals surface area contributed by atoms with Gasteiger partial charge in [-0.05, 0) is 55.0 Å². The molecule has 0 aromatic heterocycles. The third-order valence-electron chi connectivity index (χ3n) is 5.55. The number of nitrogens with one attached hydrogen (secondary N) is 1. The molecular formula is C25H32FN3O3. The molecule has 2 rings (SSSR count). The van der Waals surface area contributed by atoms with Crippen LogP contribution in [0.4, 0.5) is 10.1 Å². The standard InChI is InChI=1S/C25H32FN3O3/c1-3-22(10-11-30)29(2)18-28-25-21(16-31)14-20(23-8-4-5-9-24(23)25)13-19(15-27)7-6-12-32-17-26/h4-6,8-9,12,14-16,18-19,22,27,30H,3,7,10-11,13,17H2,1-2H3/b12-6+,27-15?,28-18?. The Morgan fingerprint density at radius 1 is 1.31 bits per heavy atom. The third-order valence-corrected chi connectivity index (χ3v) is 5.55. The maximum atomic E-state index is 12.1. The minimum absolute atomic E-state index is 0.108. The molecule has 0 bridgehead atoms. The molecule has 2 aromatic carbocycles. The first-order valence-corrected chi connectivity index (χ1v) is 10.8. The van der Waals surface area contributed by atoms with Crippen molar-refractivity contribution in [3.05, 3.63) is 53.8 Å². The Balaban J connectivity index is 2.41. The molecule has 172 valence electrons. The quantitative estimate of drug-likeness (QED) is 0.186. The lowest BCUT2D eigenvalue weighted by Crippen LogP contribution is -2.30. The van der Waals surface area contributed by atoms with Crippen LogP contribution in [0.25, 0.3) is 10.8 Å². The number of aliphatic imine (C=N–C) groups is 1. The Morgan fingerprint density at radius 3 is 2.69 bits per heavy atom. The van der Waals surface area contributed by atoms with Crippen molar-refractivity contribution in [3.63, 3.8) is 0 Å². The second kappa shape index (κ2) is 13.4.